The summed E-state index contributed by atoms with van der Waals surface area (Å²) in [5, 5.41) is 13.8. The monoisotopic (exact) mass is 348 g/mol. The molecule has 26 heavy (non-hydrogen) atoms. The Hall–Kier alpha value is -3.67. The van der Waals surface area contributed by atoms with E-state index >= 15 is 0 Å². The predicted molar refractivity (Wildman–Crippen MR) is 98.7 cm³/mol. The van der Waals surface area contributed by atoms with Crippen LogP contribution in [0.1, 0.15) is 15.9 Å². The molecule has 0 aromatic heterocycles. The van der Waals surface area contributed by atoms with Gasteiger partial charge in [0.25, 0.3) is 11.6 Å². The minimum Gasteiger partial charge on any atom is -0.455 e. The van der Waals surface area contributed by atoms with Crippen molar-refractivity contribution in [3.8, 4) is 11.5 Å². The Morgan fingerprint density at radius 1 is 0.962 bits per heavy atom. The van der Waals surface area contributed by atoms with Crippen LogP contribution >= 0.6 is 0 Å². The Balaban J connectivity index is 1.87. The molecule has 3 aromatic carbocycles. The summed E-state index contributed by atoms with van der Waals surface area (Å²) >= 11 is 0. The smallest absolute Gasteiger partial charge is 0.273 e. The third-order valence-electron chi connectivity index (χ3n) is 3.85. The van der Waals surface area contributed by atoms with E-state index in [1.165, 1.54) is 12.1 Å². The lowest BCUT2D eigenvalue weighted by Crippen LogP contribution is -2.14. The molecule has 0 unspecified atom stereocenters. The molecule has 0 radical (unpaired) electrons. The van der Waals surface area contributed by atoms with Crippen molar-refractivity contribution in [1.29, 1.82) is 0 Å². The van der Waals surface area contributed by atoms with Crippen LogP contribution < -0.4 is 10.1 Å². The van der Waals surface area contributed by atoms with E-state index < -0.39 is 10.8 Å². The van der Waals surface area contributed by atoms with E-state index in [1.54, 1.807) is 37.3 Å². The zero-order valence-electron chi connectivity index (χ0n) is 14.0. The number of nitro groups is 1. The van der Waals surface area contributed by atoms with E-state index in [1.807, 2.05) is 30.3 Å². The molecular formula is C20H16N2O4. The van der Waals surface area contributed by atoms with Crippen LogP contribution in [0.5, 0.6) is 11.5 Å². The summed E-state index contributed by atoms with van der Waals surface area (Å²) in [6, 6.07) is 20.6. The minimum atomic E-state index is -0.501. The topological polar surface area (TPSA) is 81.5 Å². The molecule has 0 heterocycles. The molecule has 0 aliphatic rings. The van der Waals surface area contributed by atoms with Gasteiger partial charge >= 0.3 is 0 Å². The molecule has 1 amide bonds. The second-order valence-corrected chi connectivity index (χ2v) is 5.57. The van der Waals surface area contributed by atoms with E-state index in [0.717, 1.165) is 0 Å². The second kappa shape index (κ2) is 7.48. The van der Waals surface area contributed by atoms with Crippen LogP contribution in [0.15, 0.2) is 72.8 Å². The number of ether oxygens (including phenoxy) is 1. The number of carbonyl (C=O) groups is 1. The lowest BCUT2D eigenvalue weighted by Gasteiger charge is -2.13. The minimum absolute atomic E-state index is 0.0912. The molecular weight excluding hydrogens is 332 g/mol. The fourth-order valence-corrected chi connectivity index (χ4v) is 2.53. The first-order chi connectivity index (χ1) is 12.6. The maximum Gasteiger partial charge on any atom is 0.273 e. The predicted octanol–water partition coefficient (Wildman–Crippen LogP) is 4.95. The SMILES string of the molecule is Cc1c(C(=O)Nc2ccccc2Oc2ccccc2)cccc1[N+](=O)[O-]. The largest absolute Gasteiger partial charge is 0.455 e. The number of nitro benzene ring substituents is 1. The van der Waals surface area contributed by atoms with Crippen molar-refractivity contribution in [3.63, 3.8) is 0 Å². The number of hydrogen-bond acceptors (Lipinski definition) is 4. The van der Waals surface area contributed by atoms with E-state index in [9.17, 15) is 14.9 Å². The highest BCUT2D eigenvalue weighted by Gasteiger charge is 2.19. The van der Waals surface area contributed by atoms with Crippen molar-refractivity contribution in [2.45, 2.75) is 6.92 Å². The first-order valence-electron chi connectivity index (χ1n) is 7.93. The summed E-state index contributed by atoms with van der Waals surface area (Å²) < 4.78 is 5.82. The van der Waals surface area contributed by atoms with Gasteiger partial charge in [-0.1, -0.05) is 36.4 Å². The standard InChI is InChI=1S/C20H16N2O4/c1-14-16(10-7-12-18(14)22(24)25)20(23)21-17-11-5-6-13-19(17)26-15-8-3-2-4-9-15/h2-13H,1H3,(H,21,23). The maximum atomic E-state index is 12.6. The molecule has 130 valence electrons. The molecule has 3 rings (SSSR count). The first-order valence-corrected chi connectivity index (χ1v) is 7.93. The lowest BCUT2D eigenvalue weighted by molar-refractivity contribution is -0.385. The fourth-order valence-electron chi connectivity index (χ4n) is 2.53. The molecule has 0 fully saturated rings. The van der Waals surface area contributed by atoms with Gasteiger partial charge < -0.3 is 10.1 Å². The summed E-state index contributed by atoms with van der Waals surface area (Å²) in [5.41, 5.74) is 0.948. The average Bonchev–Trinajstić information content (AvgIpc) is 2.64. The molecule has 0 saturated carbocycles. The van der Waals surface area contributed by atoms with Crippen LogP contribution in [0, 0.1) is 17.0 Å². The highest BCUT2D eigenvalue weighted by molar-refractivity contribution is 6.06. The second-order valence-electron chi connectivity index (χ2n) is 5.57. The van der Waals surface area contributed by atoms with Gasteiger partial charge in [-0.2, -0.15) is 0 Å². The van der Waals surface area contributed by atoms with Gasteiger partial charge in [-0.25, -0.2) is 0 Å². The van der Waals surface area contributed by atoms with Crippen LogP contribution in [0.3, 0.4) is 0 Å². The quantitative estimate of drug-likeness (QED) is 0.522. The van der Waals surface area contributed by atoms with E-state index in [0.29, 0.717) is 22.7 Å². The molecule has 0 atom stereocenters. The zero-order chi connectivity index (χ0) is 18.5. The number of nitrogens with one attached hydrogen (secondary N) is 1. The zero-order valence-corrected chi connectivity index (χ0v) is 14.0. The van der Waals surface area contributed by atoms with Gasteiger partial charge in [0.2, 0.25) is 0 Å². The molecule has 6 nitrogen and oxygen atoms in total. The van der Waals surface area contributed by atoms with Crippen molar-refractivity contribution in [2.24, 2.45) is 0 Å². The third-order valence-corrected chi connectivity index (χ3v) is 3.85. The van der Waals surface area contributed by atoms with Gasteiger partial charge in [0.1, 0.15) is 5.75 Å². The number of anilines is 1. The van der Waals surface area contributed by atoms with Crippen LogP contribution in [0.4, 0.5) is 11.4 Å². The van der Waals surface area contributed by atoms with Gasteiger partial charge in [0.15, 0.2) is 5.75 Å². The molecule has 0 saturated heterocycles. The summed E-state index contributed by atoms with van der Waals surface area (Å²) in [6.07, 6.45) is 0. The first kappa shape index (κ1) is 17.2. The molecule has 0 aliphatic carbocycles. The summed E-state index contributed by atoms with van der Waals surface area (Å²) in [4.78, 5) is 23.2. The number of para-hydroxylation sites is 3. The summed E-state index contributed by atoms with van der Waals surface area (Å²) in [7, 11) is 0. The van der Waals surface area contributed by atoms with Crippen LogP contribution in [0.2, 0.25) is 0 Å². The van der Waals surface area contributed by atoms with Crippen molar-refractivity contribution < 1.29 is 14.5 Å². The Bertz CT molecular complexity index is 955. The number of hydrogen-bond donors (Lipinski definition) is 1. The van der Waals surface area contributed by atoms with Gasteiger partial charge in [0.05, 0.1) is 10.6 Å². The van der Waals surface area contributed by atoms with Gasteiger partial charge in [0, 0.05) is 17.2 Å². The number of rotatable bonds is 5. The molecule has 0 spiro atoms. The number of benzene rings is 3. The number of amides is 1. The van der Waals surface area contributed by atoms with Crippen molar-refractivity contribution in [3.05, 3.63) is 94.0 Å². The van der Waals surface area contributed by atoms with Gasteiger partial charge in [-0.3, -0.25) is 14.9 Å². The summed E-state index contributed by atoms with van der Waals surface area (Å²) in [5.74, 6) is 0.686. The molecule has 3 aromatic rings. The van der Waals surface area contributed by atoms with Crippen molar-refractivity contribution >= 4 is 17.3 Å². The van der Waals surface area contributed by atoms with E-state index in [-0.39, 0.29) is 11.3 Å². The third kappa shape index (κ3) is 3.70. The Morgan fingerprint density at radius 3 is 2.38 bits per heavy atom. The van der Waals surface area contributed by atoms with E-state index in [2.05, 4.69) is 5.32 Å². The van der Waals surface area contributed by atoms with Crippen LogP contribution in [-0.4, -0.2) is 10.8 Å². The Labute approximate surface area is 150 Å². The van der Waals surface area contributed by atoms with E-state index in [4.69, 9.17) is 4.74 Å². The molecule has 1 N–H and O–H groups in total. The van der Waals surface area contributed by atoms with Crippen LogP contribution in [-0.2, 0) is 0 Å². The van der Waals surface area contributed by atoms with Gasteiger partial charge in [-0.05, 0) is 37.3 Å². The Morgan fingerprint density at radius 2 is 1.65 bits per heavy atom. The molecule has 0 bridgehead atoms. The van der Waals surface area contributed by atoms with Crippen molar-refractivity contribution in [1.82, 2.24) is 0 Å². The number of carbonyl (C=O) groups excluding carboxylic acids is 1. The lowest BCUT2D eigenvalue weighted by atomic mass is 10.1. The van der Waals surface area contributed by atoms with Crippen molar-refractivity contribution in [2.75, 3.05) is 5.32 Å². The maximum absolute atomic E-state index is 12.6. The molecule has 0 aliphatic heterocycles. The highest BCUT2D eigenvalue weighted by atomic mass is 16.6. The fraction of sp³-hybridized carbons (Fsp3) is 0.0500. The Kier molecular flexibility index (Phi) is 4.94. The van der Waals surface area contributed by atoms with Gasteiger partial charge in [-0.15, -0.1) is 0 Å². The highest BCUT2D eigenvalue weighted by Crippen LogP contribution is 2.30. The summed E-state index contributed by atoms with van der Waals surface area (Å²) in [6.45, 7) is 1.55. The molecule has 6 heteroatoms. The average molecular weight is 348 g/mol. The van der Waals surface area contributed by atoms with Crippen LogP contribution in [0.25, 0.3) is 0 Å². The normalized spacial score (nSPS) is 10.2. The number of nitrogens with zero attached hydrogens (tertiary/aromatic N) is 1.